The van der Waals surface area contributed by atoms with Crippen molar-refractivity contribution in [1.82, 2.24) is 24.4 Å². The number of rotatable bonds is 1. The first kappa shape index (κ1) is 16.3. The Morgan fingerprint density at radius 3 is 2.84 bits per heavy atom. The number of aromatic amines is 1. The Labute approximate surface area is 145 Å². The summed E-state index contributed by atoms with van der Waals surface area (Å²) < 4.78 is 6.83. The van der Waals surface area contributed by atoms with Crippen LogP contribution in [-0.4, -0.2) is 75.7 Å². The van der Waals surface area contributed by atoms with Crippen molar-refractivity contribution in [2.24, 2.45) is 0 Å². The van der Waals surface area contributed by atoms with E-state index in [1.807, 2.05) is 6.92 Å². The molecule has 0 bridgehead atoms. The molecule has 0 unspecified atom stereocenters. The minimum Gasteiger partial charge on any atom is -0.381 e. The molecule has 2 saturated heterocycles. The van der Waals surface area contributed by atoms with Crippen molar-refractivity contribution in [3.63, 3.8) is 0 Å². The molecule has 0 aliphatic carbocycles. The number of piperazine rings is 1. The van der Waals surface area contributed by atoms with E-state index in [9.17, 15) is 9.59 Å². The zero-order valence-electron chi connectivity index (χ0n) is 14.6. The molecule has 25 heavy (non-hydrogen) atoms. The number of carbonyl (C=O) groups excluding carboxylic acids is 1. The largest absolute Gasteiger partial charge is 0.381 e. The number of amides is 1. The van der Waals surface area contributed by atoms with E-state index >= 15 is 0 Å². The monoisotopic (exact) mass is 345 g/mol. The van der Waals surface area contributed by atoms with Crippen molar-refractivity contribution in [1.29, 1.82) is 0 Å². The Hall–Kier alpha value is -2.19. The molecule has 0 saturated carbocycles. The molecule has 0 radical (unpaired) electrons. The molecule has 0 atom stereocenters. The van der Waals surface area contributed by atoms with Gasteiger partial charge in [-0.2, -0.15) is 0 Å². The van der Waals surface area contributed by atoms with Gasteiger partial charge >= 0.3 is 0 Å². The van der Waals surface area contributed by atoms with Gasteiger partial charge in [-0.1, -0.05) is 0 Å². The van der Waals surface area contributed by atoms with Crippen LogP contribution in [0.25, 0.3) is 5.65 Å². The predicted octanol–water partition coefficient (Wildman–Crippen LogP) is 0.268. The van der Waals surface area contributed by atoms with Crippen molar-refractivity contribution in [3.8, 4) is 0 Å². The Balaban J connectivity index is 1.64. The van der Waals surface area contributed by atoms with Crippen molar-refractivity contribution >= 4 is 11.6 Å². The maximum absolute atomic E-state index is 13.0. The van der Waals surface area contributed by atoms with E-state index in [0.29, 0.717) is 32.0 Å². The quantitative estimate of drug-likeness (QED) is 0.802. The maximum Gasteiger partial charge on any atom is 0.285 e. The number of nitrogens with one attached hydrogen (secondary N) is 1. The lowest BCUT2D eigenvalue weighted by molar-refractivity contribution is -0.0543. The predicted molar refractivity (Wildman–Crippen MR) is 91.9 cm³/mol. The molecule has 8 heteroatoms. The van der Waals surface area contributed by atoms with E-state index in [4.69, 9.17) is 4.74 Å². The average molecular weight is 345 g/mol. The number of hydrogen-bond donors (Lipinski definition) is 1. The van der Waals surface area contributed by atoms with E-state index in [1.54, 1.807) is 11.0 Å². The highest BCUT2D eigenvalue weighted by atomic mass is 16.5. The molecule has 4 heterocycles. The minimum absolute atomic E-state index is 0.0527. The summed E-state index contributed by atoms with van der Waals surface area (Å²) in [5, 5.41) is 2.94. The Kier molecular flexibility index (Phi) is 3.88. The van der Waals surface area contributed by atoms with Crippen molar-refractivity contribution in [2.75, 3.05) is 39.9 Å². The molecular formula is C17H23N5O3. The van der Waals surface area contributed by atoms with Crippen LogP contribution in [0.15, 0.2) is 17.1 Å². The first-order chi connectivity index (χ1) is 12.0. The molecule has 2 aliphatic heterocycles. The smallest absolute Gasteiger partial charge is 0.285 e. The lowest BCUT2D eigenvalue weighted by Gasteiger charge is -2.51. The maximum atomic E-state index is 13.0. The zero-order chi connectivity index (χ0) is 17.6. The van der Waals surface area contributed by atoms with Gasteiger partial charge in [0, 0.05) is 56.3 Å². The van der Waals surface area contributed by atoms with Crippen LogP contribution in [-0.2, 0) is 4.74 Å². The zero-order valence-corrected chi connectivity index (χ0v) is 14.6. The minimum atomic E-state index is -0.344. The Bertz CT molecular complexity index is 865. The highest BCUT2D eigenvalue weighted by molar-refractivity contribution is 5.94. The summed E-state index contributed by atoms with van der Waals surface area (Å²) in [4.78, 5) is 34.1. The van der Waals surface area contributed by atoms with E-state index in [1.165, 1.54) is 10.7 Å². The number of hydrogen-bond acceptors (Lipinski definition) is 5. The van der Waals surface area contributed by atoms with Crippen LogP contribution in [0, 0.1) is 6.92 Å². The van der Waals surface area contributed by atoms with Gasteiger partial charge in [0.1, 0.15) is 5.56 Å². The summed E-state index contributed by atoms with van der Waals surface area (Å²) in [5.41, 5.74) is 1.07. The first-order valence-electron chi connectivity index (χ1n) is 8.66. The van der Waals surface area contributed by atoms with Gasteiger partial charge < -0.3 is 9.64 Å². The van der Waals surface area contributed by atoms with Gasteiger partial charge in [-0.15, -0.1) is 0 Å². The van der Waals surface area contributed by atoms with Gasteiger partial charge in [0.25, 0.3) is 11.5 Å². The Morgan fingerprint density at radius 2 is 2.08 bits per heavy atom. The third-order valence-corrected chi connectivity index (χ3v) is 5.56. The molecule has 2 aliphatic rings. The van der Waals surface area contributed by atoms with Crippen LogP contribution in [0.5, 0.6) is 0 Å². The standard InChI is InChI=1S/C17H23N5O3/c1-12-9-14-18-10-13(16(24)22(14)19-12)15(23)21-6-5-20(2)17(11-21)3-7-25-8-4-17/h9-10,19H,3-8,11H2,1-2H3. The van der Waals surface area contributed by atoms with E-state index in [2.05, 4.69) is 22.0 Å². The number of ether oxygens (including phenoxy) is 1. The summed E-state index contributed by atoms with van der Waals surface area (Å²) in [6.45, 7) is 5.31. The molecule has 2 aromatic rings. The number of aryl methyl sites for hydroxylation is 1. The number of carbonyl (C=O) groups is 1. The second-order valence-electron chi connectivity index (χ2n) is 7.09. The highest BCUT2D eigenvalue weighted by Gasteiger charge is 2.42. The molecule has 134 valence electrons. The highest BCUT2D eigenvalue weighted by Crippen LogP contribution is 2.31. The molecule has 2 fully saturated rings. The number of H-pyrrole nitrogens is 1. The van der Waals surface area contributed by atoms with E-state index in [0.717, 1.165) is 25.1 Å². The summed E-state index contributed by atoms with van der Waals surface area (Å²) in [5.74, 6) is -0.238. The van der Waals surface area contributed by atoms with Gasteiger partial charge in [0.15, 0.2) is 5.65 Å². The summed E-state index contributed by atoms with van der Waals surface area (Å²) >= 11 is 0. The topological polar surface area (TPSA) is 82.9 Å². The summed E-state index contributed by atoms with van der Waals surface area (Å²) in [6.07, 6.45) is 3.21. The fourth-order valence-corrected chi connectivity index (χ4v) is 3.92. The van der Waals surface area contributed by atoms with Crippen LogP contribution >= 0.6 is 0 Å². The third kappa shape index (κ3) is 2.65. The molecule has 8 nitrogen and oxygen atoms in total. The second kappa shape index (κ2) is 5.96. The molecule has 1 spiro atoms. The molecular weight excluding hydrogens is 322 g/mol. The van der Waals surface area contributed by atoms with Crippen LogP contribution < -0.4 is 5.56 Å². The summed E-state index contributed by atoms with van der Waals surface area (Å²) in [7, 11) is 2.11. The fourth-order valence-electron chi connectivity index (χ4n) is 3.92. The van der Waals surface area contributed by atoms with Crippen molar-refractivity contribution < 1.29 is 9.53 Å². The second-order valence-corrected chi connectivity index (χ2v) is 7.09. The molecule has 2 aromatic heterocycles. The number of likely N-dealkylation sites (N-methyl/N-ethyl adjacent to an activating group) is 1. The third-order valence-electron chi connectivity index (χ3n) is 5.56. The number of fused-ring (bicyclic) bond motifs is 1. The van der Waals surface area contributed by atoms with Gasteiger partial charge in [-0.3, -0.25) is 19.6 Å². The first-order valence-corrected chi connectivity index (χ1v) is 8.66. The van der Waals surface area contributed by atoms with Crippen LogP contribution in [0.4, 0.5) is 0 Å². The van der Waals surface area contributed by atoms with Crippen LogP contribution in [0.3, 0.4) is 0 Å². The lowest BCUT2D eigenvalue weighted by atomic mass is 9.86. The van der Waals surface area contributed by atoms with Gasteiger partial charge in [-0.05, 0) is 26.8 Å². The van der Waals surface area contributed by atoms with Gasteiger partial charge in [0.05, 0.1) is 0 Å². The van der Waals surface area contributed by atoms with Gasteiger partial charge in [0.2, 0.25) is 0 Å². The lowest BCUT2D eigenvalue weighted by Crippen LogP contribution is -2.64. The molecule has 0 aromatic carbocycles. The number of aromatic nitrogens is 3. The average Bonchev–Trinajstić information content (AvgIpc) is 3.00. The van der Waals surface area contributed by atoms with E-state index < -0.39 is 0 Å². The van der Waals surface area contributed by atoms with Crippen LogP contribution in [0.1, 0.15) is 28.9 Å². The normalized spacial score (nSPS) is 21.1. The van der Waals surface area contributed by atoms with Gasteiger partial charge in [-0.25, -0.2) is 9.50 Å². The number of nitrogens with zero attached hydrogens (tertiary/aromatic N) is 4. The molecule has 4 rings (SSSR count). The van der Waals surface area contributed by atoms with Crippen LogP contribution in [0.2, 0.25) is 0 Å². The SMILES string of the molecule is Cc1cc2ncc(C(=O)N3CCN(C)C4(CCOCC4)C3)c(=O)n2[nH]1. The van der Waals surface area contributed by atoms with Crippen molar-refractivity contribution in [2.45, 2.75) is 25.3 Å². The molecule has 1 amide bonds. The summed E-state index contributed by atoms with van der Waals surface area (Å²) in [6, 6.07) is 1.78. The Morgan fingerprint density at radius 1 is 1.32 bits per heavy atom. The molecule has 1 N–H and O–H groups in total. The van der Waals surface area contributed by atoms with E-state index in [-0.39, 0.29) is 22.6 Å². The fraction of sp³-hybridized carbons (Fsp3) is 0.588. The van der Waals surface area contributed by atoms with Crippen molar-refractivity contribution in [3.05, 3.63) is 33.9 Å².